The summed E-state index contributed by atoms with van der Waals surface area (Å²) in [6.45, 7) is 0.0530. The van der Waals surface area contributed by atoms with Crippen LogP contribution in [-0.4, -0.2) is 28.7 Å². The van der Waals surface area contributed by atoms with Crippen LogP contribution < -0.4 is 15.4 Å². The fourth-order valence-corrected chi connectivity index (χ4v) is 3.36. The monoisotopic (exact) mass is 351 g/mol. The van der Waals surface area contributed by atoms with Crippen molar-refractivity contribution in [2.75, 3.05) is 7.11 Å². The molecule has 0 saturated carbocycles. The molecule has 3 aromatic rings. The van der Waals surface area contributed by atoms with Gasteiger partial charge in [0.2, 0.25) is 0 Å². The number of nitrogens with zero attached hydrogens (tertiary/aromatic N) is 1. The van der Waals surface area contributed by atoms with E-state index in [1.807, 2.05) is 6.07 Å². The number of rotatable bonds is 4. The SMILES string of the molecule is COc1ccc2c(O)n(CC3(c4ccccc4)NC(=O)NC3=O)cc2c1. The summed E-state index contributed by atoms with van der Waals surface area (Å²) in [4.78, 5) is 24.5. The van der Waals surface area contributed by atoms with Crippen molar-refractivity contribution in [3.63, 3.8) is 0 Å². The quantitative estimate of drug-likeness (QED) is 0.628. The highest BCUT2D eigenvalue weighted by Crippen LogP contribution is 2.34. The number of imide groups is 1. The third-order valence-corrected chi connectivity index (χ3v) is 4.68. The largest absolute Gasteiger partial charge is 0.497 e. The molecule has 132 valence electrons. The summed E-state index contributed by atoms with van der Waals surface area (Å²) in [7, 11) is 1.57. The first-order valence-electron chi connectivity index (χ1n) is 8.08. The number of hydrogen-bond donors (Lipinski definition) is 3. The normalized spacial score (nSPS) is 19.4. The van der Waals surface area contributed by atoms with Gasteiger partial charge in [0.25, 0.3) is 5.91 Å². The molecule has 0 radical (unpaired) electrons. The third-order valence-electron chi connectivity index (χ3n) is 4.68. The van der Waals surface area contributed by atoms with Crippen molar-refractivity contribution in [3.8, 4) is 11.6 Å². The van der Waals surface area contributed by atoms with Crippen LogP contribution in [-0.2, 0) is 16.9 Å². The van der Waals surface area contributed by atoms with Gasteiger partial charge in [0.05, 0.1) is 13.7 Å². The van der Waals surface area contributed by atoms with E-state index in [0.29, 0.717) is 16.7 Å². The molecule has 3 amide bonds. The lowest BCUT2D eigenvalue weighted by molar-refractivity contribution is -0.124. The molecule has 2 aromatic carbocycles. The number of urea groups is 1. The van der Waals surface area contributed by atoms with E-state index in [0.717, 1.165) is 5.39 Å². The van der Waals surface area contributed by atoms with E-state index in [2.05, 4.69) is 10.6 Å². The standard InChI is InChI=1S/C19H17N3O4/c1-26-14-7-8-15-12(9-14)10-22(16(15)23)11-19(13-5-3-2-4-6-13)17(24)20-18(25)21-19/h2-10,23H,11H2,1H3,(H2,20,21,24,25). The second-order valence-electron chi connectivity index (χ2n) is 6.21. The minimum atomic E-state index is -1.30. The number of aromatic hydroxyl groups is 1. The molecule has 7 heteroatoms. The van der Waals surface area contributed by atoms with Gasteiger partial charge >= 0.3 is 6.03 Å². The summed E-state index contributed by atoms with van der Waals surface area (Å²) < 4.78 is 6.77. The Kier molecular flexibility index (Phi) is 3.57. The van der Waals surface area contributed by atoms with Crippen LogP contribution >= 0.6 is 0 Å². The van der Waals surface area contributed by atoms with E-state index >= 15 is 0 Å². The Morgan fingerprint density at radius 3 is 2.58 bits per heavy atom. The average Bonchev–Trinajstić information content (AvgIpc) is 3.12. The van der Waals surface area contributed by atoms with Gasteiger partial charge in [-0.05, 0) is 23.8 Å². The fourth-order valence-electron chi connectivity index (χ4n) is 3.36. The Balaban J connectivity index is 1.82. The maximum absolute atomic E-state index is 12.6. The predicted octanol–water partition coefficient (Wildman–Crippen LogP) is 2.09. The lowest BCUT2D eigenvalue weighted by atomic mass is 9.90. The average molecular weight is 351 g/mol. The molecule has 0 spiro atoms. The molecule has 1 saturated heterocycles. The molecule has 1 unspecified atom stereocenters. The van der Waals surface area contributed by atoms with Gasteiger partial charge in [-0.2, -0.15) is 0 Å². The first-order chi connectivity index (χ1) is 12.5. The molecule has 1 aliphatic rings. The van der Waals surface area contributed by atoms with Crippen molar-refractivity contribution < 1.29 is 19.4 Å². The third kappa shape index (κ3) is 2.36. The van der Waals surface area contributed by atoms with Gasteiger partial charge in [-0.25, -0.2) is 4.79 Å². The molecule has 7 nitrogen and oxygen atoms in total. The van der Waals surface area contributed by atoms with Gasteiger partial charge in [0.1, 0.15) is 5.75 Å². The van der Waals surface area contributed by atoms with E-state index in [-0.39, 0.29) is 12.4 Å². The molecule has 26 heavy (non-hydrogen) atoms. The lowest BCUT2D eigenvalue weighted by Gasteiger charge is -2.27. The summed E-state index contributed by atoms with van der Waals surface area (Å²) >= 11 is 0. The van der Waals surface area contributed by atoms with Crippen molar-refractivity contribution in [3.05, 3.63) is 60.3 Å². The molecule has 2 heterocycles. The number of methoxy groups -OCH3 is 1. The van der Waals surface area contributed by atoms with Crippen LogP contribution in [0.15, 0.2) is 54.7 Å². The van der Waals surface area contributed by atoms with E-state index < -0.39 is 17.5 Å². The maximum atomic E-state index is 12.6. The van der Waals surface area contributed by atoms with Crippen LogP contribution in [0.1, 0.15) is 5.56 Å². The van der Waals surface area contributed by atoms with Crippen molar-refractivity contribution >= 4 is 22.7 Å². The molecule has 3 N–H and O–H groups in total. The zero-order chi connectivity index (χ0) is 18.3. The maximum Gasteiger partial charge on any atom is 0.322 e. The first-order valence-corrected chi connectivity index (χ1v) is 8.08. The molecule has 1 aromatic heterocycles. The summed E-state index contributed by atoms with van der Waals surface area (Å²) in [5, 5.41) is 17.0. The minimum absolute atomic E-state index is 0.0203. The molecule has 1 aliphatic heterocycles. The molecule has 0 bridgehead atoms. The number of benzene rings is 2. The number of amides is 3. The summed E-state index contributed by atoms with van der Waals surface area (Å²) in [6, 6.07) is 13.7. The fraction of sp³-hybridized carbons (Fsp3) is 0.158. The number of hydrogen-bond acceptors (Lipinski definition) is 4. The first kappa shape index (κ1) is 16.0. The van der Waals surface area contributed by atoms with Gasteiger partial charge in [0.15, 0.2) is 11.4 Å². The Bertz CT molecular complexity index is 1010. The highest BCUT2D eigenvalue weighted by molar-refractivity contribution is 6.07. The van der Waals surface area contributed by atoms with Crippen molar-refractivity contribution in [2.24, 2.45) is 0 Å². The number of carbonyl (C=O) groups is 2. The van der Waals surface area contributed by atoms with Crippen LogP contribution in [0, 0.1) is 0 Å². The molecular weight excluding hydrogens is 334 g/mol. The Morgan fingerprint density at radius 1 is 1.15 bits per heavy atom. The molecular formula is C19H17N3O4. The Labute approximate surface area is 149 Å². The minimum Gasteiger partial charge on any atom is -0.497 e. The number of ether oxygens (including phenoxy) is 1. The van der Waals surface area contributed by atoms with Gasteiger partial charge in [-0.15, -0.1) is 0 Å². The zero-order valence-electron chi connectivity index (χ0n) is 14.0. The number of aromatic nitrogens is 1. The van der Waals surface area contributed by atoms with Crippen LogP contribution in [0.4, 0.5) is 4.79 Å². The number of nitrogens with one attached hydrogen (secondary N) is 2. The molecule has 4 rings (SSSR count). The smallest absolute Gasteiger partial charge is 0.322 e. The topological polar surface area (TPSA) is 92.6 Å². The van der Waals surface area contributed by atoms with E-state index in [4.69, 9.17) is 4.74 Å². The van der Waals surface area contributed by atoms with Crippen molar-refractivity contribution in [1.82, 2.24) is 15.2 Å². The van der Waals surface area contributed by atoms with Crippen molar-refractivity contribution in [1.29, 1.82) is 0 Å². The van der Waals surface area contributed by atoms with Crippen LogP contribution in [0.3, 0.4) is 0 Å². The summed E-state index contributed by atoms with van der Waals surface area (Å²) in [6.07, 6.45) is 1.73. The Hall–Kier alpha value is -3.48. The van der Waals surface area contributed by atoms with E-state index in [9.17, 15) is 14.7 Å². The summed E-state index contributed by atoms with van der Waals surface area (Å²) in [5.74, 6) is 0.231. The van der Waals surface area contributed by atoms with Gasteiger partial charge in [-0.1, -0.05) is 30.3 Å². The molecule has 1 atom stereocenters. The van der Waals surface area contributed by atoms with Crippen molar-refractivity contribution in [2.45, 2.75) is 12.1 Å². The van der Waals surface area contributed by atoms with Gasteiger partial charge < -0.3 is 19.7 Å². The highest BCUT2D eigenvalue weighted by Gasteiger charge is 2.48. The van der Waals surface area contributed by atoms with Crippen LogP contribution in [0.2, 0.25) is 0 Å². The number of carbonyl (C=O) groups excluding carboxylic acids is 2. The van der Waals surface area contributed by atoms with E-state index in [1.165, 1.54) is 0 Å². The molecule has 0 aliphatic carbocycles. The molecule has 1 fully saturated rings. The highest BCUT2D eigenvalue weighted by atomic mass is 16.5. The van der Waals surface area contributed by atoms with Crippen LogP contribution in [0.25, 0.3) is 10.8 Å². The van der Waals surface area contributed by atoms with Crippen LogP contribution in [0.5, 0.6) is 11.6 Å². The second kappa shape index (κ2) is 5.80. The lowest BCUT2D eigenvalue weighted by Crippen LogP contribution is -2.47. The zero-order valence-corrected chi connectivity index (χ0v) is 14.0. The van der Waals surface area contributed by atoms with Gasteiger partial charge in [0, 0.05) is 17.0 Å². The second-order valence-corrected chi connectivity index (χ2v) is 6.21. The van der Waals surface area contributed by atoms with E-state index in [1.54, 1.807) is 60.3 Å². The van der Waals surface area contributed by atoms with Gasteiger partial charge in [-0.3, -0.25) is 10.1 Å². The number of fused-ring (bicyclic) bond motifs is 1. The summed E-state index contributed by atoms with van der Waals surface area (Å²) in [5.41, 5.74) is -0.660. The Morgan fingerprint density at radius 2 is 1.92 bits per heavy atom. The predicted molar refractivity (Wildman–Crippen MR) is 94.9 cm³/mol.